The molecule has 0 fully saturated rings. The van der Waals surface area contributed by atoms with Gasteiger partial charge < -0.3 is 25.3 Å². The van der Waals surface area contributed by atoms with Gasteiger partial charge in [0.1, 0.15) is 11.6 Å². The average molecular weight is 266 g/mol. The maximum Gasteiger partial charge on any atom is 0.631 e. The summed E-state index contributed by atoms with van der Waals surface area (Å²) in [6.45, 7) is 4.46. The third-order valence-corrected chi connectivity index (χ3v) is 1.40. The number of ketones is 2. The van der Waals surface area contributed by atoms with Crippen LogP contribution in [0.5, 0.6) is 0 Å². The highest BCUT2D eigenvalue weighted by atomic mass is 16.5. The Morgan fingerprint density at radius 1 is 0.833 bits per heavy atom. The van der Waals surface area contributed by atoms with E-state index in [0.717, 1.165) is 0 Å². The Kier molecular flexibility index (Phi) is 14.0. The Hall–Kier alpha value is -1.78. The van der Waals surface area contributed by atoms with Crippen molar-refractivity contribution in [2.24, 2.45) is 5.92 Å². The van der Waals surface area contributed by atoms with Crippen molar-refractivity contribution in [1.29, 1.82) is 0 Å². The summed E-state index contributed by atoms with van der Waals surface area (Å²) in [5.74, 6) is -4.17. The molecule has 104 valence electrons. The Bertz CT molecular complexity index is 270. The molecule has 0 aromatic carbocycles. The van der Waals surface area contributed by atoms with Gasteiger partial charge in [-0.25, -0.2) is 9.59 Å². The summed E-state index contributed by atoms with van der Waals surface area (Å²) in [6, 6.07) is 0. The molecule has 0 unspecified atom stereocenters. The molecule has 0 saturated heterocycles. The number of carbonyl (C=O) groups excluding carboxylic acids is 2. The summed E-state index contributed by atoms with van der Waals surface area (Å²) in [4.78, 5) is 38.9. The SMILES string of the molecule is CC(=O)C(C)C(C)=O.O=C(O)C(=O)O.OB(O)O. The van der Waals surface area contributed by atoms with Crippen LogP contribution in [0.25, 0.3) is 0 Å². The number of carboxylic acids is 2. The molecule has 0 atom stereocenters. The molecule has 0 saturated carbocycles. The van der Waals surface area contributed by atoms with Crippen LogP contribution in [-0.4, -0.2) is 56.1 Å². The third-order valence-electron chi connectivity index (χ3n) is 1.40. The van der Waals surface area contributed by atoms with Crippen molar-refractivity contribution in [1.82, 2.24) is 0 Å². The van der Waals surface area contributed by atoms with Crippen LogP contribution < -0.4 is 0 Å². The minimum atomic E-state index is -2.17. The minimum Gasteiger partial charge on any atom is -0.473 e. The number of aliphatic carboxylic acids is 2. The Labute approximate surface area is 103 Å². The number of carbonyl (C=O) groups is 4. The van der Waals surface area contributed by atoms with Crippen molar-refractivity contribution >= 4 is 30.8 Å². The van der Waals surface area contributed by atoms with Gasteiger partial charge in [0.25, 0.3) is 0 Å². The second-order valence-electron chi connectivity index (χ2n) is 2.90. The second-order valence-corrected chi connectivity index (χ2v) is 2.90. The first-order chi connectivity index (χ1) is 7.93. The molecule has 5 N–H and O–H groups in total. The van der Waals surface area contributed by atoms with Crippen LogP contribution in [0.1, 0.15) is 20.8 Å². The zero-order chi connectivity index (χ0) is 15.5. The predicted molar refractivity (Wildman–Crippen MR) is 58.2 cm³/mol. The topological polar surface area (TPSA) is 169 Å². The van der Waals surface area contributed by atoms with Crippen molar-refractivity contribution < 1.29 is 44.5 Å². The summed E-state index contributed by atoms with van der Waals surface area (Å²) >= 11 is 0. The first kappa shape index (κ1) is 21.5. The molecule has 0 aliphatic rings. The largest absolute Gasteiger partial charge is 0.631 e. The van der Waals surface area contributed by atoms with Gasteiger partial charge >= 0.3 is 19.3 Å². The average Bonchev–Trinajstić information content (AvgIpc) is 2.15. The van der Waals surface area contributed by atoms with Crippen LogP contribution >= 0.6 is 0 Å². The number of hydrogen-bond acceptors (Lipinski definition) is 7. The van der Waals surface area contributed by atoms with Crippen molar-refractivity contribution in [3.8, 4) is 0 Å². The standard InChI is InChI=1S/C6H10O2.C2H2O4.BH3O3/c1-4(5(2)7)6(3)8;3-1(4)2(5)6;2-1(3)4/h4H,1-3H3;(H,3,4)(H,5,6);2-4H. The van der Waals surface area contributed by atoms with Crippen LogP contribution in [0, 0.1) is 5.92 Å². The molecule has 0 heterocycles. The molecule has 0 bridgehead atoms. The van der Waals surface area contributed by atoms with E-state index in [4.69, 9.17) is 34.9 Å². The molecule has 18 heavy (non-hydrogen) atoms. The van der Waals surface area contributed by atoms with Crippen LogP contribution in [0.15, 0.2) is 0 Å². The van der Waals surface area contributed by atoms with Crippen LogP contribution in [-0.2, 0) is 19.2 Å². The zero-order valence-corrected chi connectivity index (χ0v) is 10.0. The molecular formula is C8H15BO9. The van der Waals surface area contributed by atoms with Gasteiger partial charge in [0.15, 0.2) is 0 Å². The summed E-state index contributed by atoms with van der Waals surface area (Å²) in [5.41, 5.74) is 0. The van der Waals surface area contributed by atoms with Gasteiger partial charge in [0.2, 0.25) is 0 Å². The lowest BCUT2D eigenvalue weighted by Crippen LogP contribution is -2.14. The van der Waals surface area contributed by atoms with E-state index in [1.165, 1.54) is 13.8 Å². The lowest BCUT2D eigenvalue weighted by Gasteiger charge is -1.97. The maximum atomic E-state index is 10.4. The number of carboxylic acid groups (broad SMARTS) is 2. The van der Waals surface area contributed by atoms with Crippen molar-refractivity contribution in [2.45, 2.75) is 20.8 Å². The van der Waals surface area contributed by atoms with E-state index in [1.54, 1.807) is 6.92 Å². The monoisotopic (exact) mass is 266 g/mol. The van der Waals surface area contributed by atoms with E-state index in [2.05, 4.69) is 0 Å². The van der Waals surface area contributed by atoms with Gasteiger partial charge in [-0.1, -0.05) is 0 Å². The summed E-state index contributed by atoms with van der Waals surface area (Å²) in [5, 5.41) is 36.3. The molecule has 0 rings (SSSR count). The zero-order valence-electron chi connectivity index (χ0n) is 10.0. The lowest BCUT2D eigenvalue weighted by molar-refractivity contribution is -0.159. The Morgan fingerprint density at radius 3 is 1.00 bits per heavy atom. The van der Waals surface area contributed by atoms with Crippen molar-refractivity contribution in [3.63, 3.8) is 0 Å². The molecule has 0 amide bonds. The van der Waals surface area contributed by atoms with Gasteiger partial charge in [-0.3, -0.25) is 9.59 Å². The Balaban J connectivity index is -0.000000200. The number of Topliss-reactive ketones (excluding diaryl/α,β-unsaturated/α-hetero) is 2. The minimum absolute atomic E-state index is 0.0579. The van der Waals surface area contributed by atoms with Gasteiger partial charge in [-0.2, -0.15) is 0 Å². The van der Waals surface area contributed by atoms with E-state index in [-0.39, 0.29) is 11.6 Å². The fourth-order valence-corrected chi connectivity index (χ4v) is 0.286. The highest BCUT2D eigenvalue weighted by Gasteiger charge is 2.11. The summed E-state index contributed by atoms with van der Waals surface area (Å²) in [7, 11) is -2.17. The van der Waals surface area contributed by atoms with E-state index < -0.39 is 25.2 Å². The van der Waals surface area contributed by atoms with Crippen molar-refractivity contribution in [3.05, 3.63) is 0 Å². The van der Waals surface area contributed by atoms with Gasteiger partial charge in [-0.05, 0) is 20.8 Å². The highest BCUT2D eigenvalue weighted by molar-refractivity contribution is 6.30. The number of rotatable bonds is 2. The van der Waals surface area contributed by atoms with E-state index in [1.807, 2.05) is 0 Å². The third kappa shape index (κ3) is 23.8. The molecule has 0 aliphatic carbocycles. The molecule has 0 aliphatic heterocycles. The van der Waals surface area contributed by atoms with Crippen LogP contribution in [0.4, 0.5) is 0 Å². The summed E-state index contributed by atoms with van der Waals surface area (Å²) < 4.78 is 0. The highest BCUT2D eigenvalue weighted by Crippen LogP contribution is 1.95. The molecule has 0 radical (unpaired) electrons. The van der Waals surface area contributed by atoms with Gasteiger partial charge in [-0.15, -0.1) is 0 Å². The molecule has 10 heteroatoms. The normalized spacial score (nSPS) is 8.17. The van der Waals surface area contributed by atoms with Gasteiger partial charge in [0.05, 0.1) is 5.92 Å². The van der Waals surface area contributed by atoms with Crippen LogP contribution in [0.2, 0.25) is 0 Å². The van der Waals surface area contributed by atoms with E-state index >= 15 is 0 Å². The van der Waals surface area contributed by atoms with Crippen molar-refractivity contribution in [2.75, 3.05) is 0 Å². The fourth-order valence-electron chi connectivity index (χ4n) is 0.286. The number of hydrogen-bond donors (Lipinski definition) is 5. The summed E-state index contributed by atoms with van der Waals surface area (Å²) in [6.07, 6.45) is 0. The smallest absolute Gasteiger partial charge is 0.473 e. The molecule has 0 aromatic rings. The quantitative estimate of drug-likeness (QED) is 0.213. The molecule has 0 aromatic heterocycles. The maximum absolute atomic E-state index is 10.4. The van der Waals surface area contributed by atoms with Crippen LogP contribution in [0.3, 0.4) is 0 Å². The predicted octanol–water partition coefficient (Wildman–Crippen LogP) is -2.10. The fraction of sp³-hybridized carbons (Fsp3) is 0.500. The first-order valence-corrected chi connectivity index (χ1v) is 4.44. The molecular weight excluding hydrogens is 251 g/mol. The Morgan fingerprint density at radius 2 is 1.00 bits per heavy atom. The second kappa shape index (κ2) is 11.7. The van der Waals surface area contributed by atoms with E-state index in [0.29, 0.717) is 0 Å². The molecule has 0 spiro atoms. The van der Waals surface area contributed by atoms with E-state index in [9.17, 15) is 9.59 Å². The molecule has 9 nitrogen and oxygen atoms in total. The first-order valence-electron chi connectivity index (χ1n) is 4.44. The lowest BCUT2D eigenvalue weighted by atomic mass is 10.0. The van der Waals surface area contributed by atoms with Gasteiger partial charge in [0, 0.05) is 0 Å².